The number of carbonyl (C=O) groups excluding carboxylic acids is 1. The summed E-state index contributed by atoms with van der Waals surface area (Å²) in [6.45, 7) is 0. The van der Waals surface area contributed by atoms with E-state index in [0.717, 1.165) is 22.2 Å². The van der Waals surface area contributed by atoms with Crippen molar-refractivity contribution in [1.29, 1.82) is 0 Å². The third-order valence-electron chi connectivity index (χ3n) is 5.19. The molecule has 0 radical (unpaired) electrons. The Balaban J connectivity index is 1.50. The van der Waals surface area contributed by atoms with Gasteiger partial charge in [0.2, 0.25) is 0 Å². The number of fused-ring (bicyclic) bond motifs is 2. The van der Waals surface area contributed by atoms with Crippen molar-refractivity contribution in [2.45, 2.75) is 6.42 Å². The third kappa shape index (κ3) is 3.49. The zero-order valence-corrected chi connectivity index (χ0v) is 17.1. The molecule has 158 valence electrons. The molecular weight excluding hydrogens is 409 g/mol. The summed E-state index contributed by atoms with van der Waals surface area (Å²) in [5, 5.41) is 7.98. The number of benzene rings is 2. The van der Waals surface area contributed by atoms with Gasteiger partial charge in [-0.25, -0.2) is 18.9 Å². The summed E-state index contributed by atoms with van der Waals surface area (Å²) in [4.78, 5) is 24.7. The lowest BCUT2D eigenvalue weighted by Gasteiger charge is -2.07. The van der Waals surface area contributed by atoms with Crippen LogP contribution in [0.3, 0.4) is 0 Å². The number of hydrogen-bond acceptors (Lipinski definition) is 6. The molecule has 2 aromatic carbocycles. The number of nitrogens with two attached hydrogens (primary N) is 1. The van der Waals surface area contributed by atoms with Gasteiger partial charge in [-0.1, -0.05) is 12.1 Å². The van der Waals surface area contributed by atoms with Gasteiger partial charge in [0, 0.05) is 24.4 Å². The number of nitrogens with zero attached hydrogens (tertiary/aromatic N) is 5. The van der Waals surface area contributed by atoms with Gasteiger partial charge in [-0.05, 0) is 35.9 Å². The van der Waals surface area contributed by atoms with Crippen molar-refractivity contribution < 1.29 is 9.18 Å². The van der Waals surface area contributed by atoms with Gasteiger partial charge in [0.1, 0.15) is 11.5 Å². The van der Waals surface area contributed by atoms with Gasteiger partial charge in [0.05, 0.1) is 41.1 Å². The molecular formula is C23H18FN7O. The minimum absolute atomic E-state index is 0.0277. The van der Waals surface area contributed by atoms with Crippen molar-refractivity contribution in [3.63, 3.8) is 0 Å². The Morgan fingerprint density at radius 1 is 1.06 bits per heavy atom. The molecule has 3 heterocycles. The van der Waals surface area contributed by atoms with Crippen molar-refractivity contribution in [2.75, 3.05) is 12.8 Å². The molecule has 3 N–H and O–H groups in total. The number of halogens is 1. The van der Waals surface area contributed by atoms with Crippen LogP contribution in [0, 0.1) is 5.82 Å². The molecule has 5 aromatic rings. The Kier molecular flexibility index (Phi) is 4.70. The lowest BCUT2D eigenvalue weighted by atomic mass is 10.1. The first-order chi connectivity index (χ1) is 15.5. The molecule has 0 unspecified atom stereocenters. The normalized spacial score (nSPS) is 11.2. The quantitative estimate of drug-likeness (QED) is 0.456. The summed E-state index contributed by atoms with van der Waals surface area (Å²) >= 11 is 0. The monoisotopic (exact) mass is 427 g/mol. The molecule has 3 aromatic heterocycles. The van der Waals surface area contributed by atoms with Crippen LogP contribution >= 0.6 is 0 Å². The number of pyridine rings is 1. The fraction of sp³-hybridized carbons (Fsp3) is 0.0870. The Morgan fingerprint density at radius 3 is 2.72 bits per heavy atom. The first-order valence-corrected chi connectivity index (χ1v) is 9.87. The first-order valence-electron chi connectivity index (χ1n) is 9.87. The molecule has 0 aliphatic heterocycles. The fourth-order valence-electron chi connectivity index (χ4n) is 3.58. The summed E-state index contributed by atoms with van der Waals surface area (Å²) in [7, 11) is 1.46. The Morgan fingerprint density at radius 2 is 1.91 bits per heavy atom. The predicted molar refractivity (Wildman–Crippen MR) is 119 cm³/mol. The van der Waals surface area contributed by atoms with E-state index in [4.69, 9.17) is 5.73 Å². The molecule has 8 nitrogen and oxygen atoms in total. The maximum absolute atomic E-state index is 14.4. The molecule has 0 aliphatic rings. The maximum atomic E-state index is 14.4. The largest absolute Gasteiger partial charge is 0.397 e. The zero-order chi connectivity index (χ0) is 22.2. The minimum atomic E-state index is -0.626. The summed E-state index contributed by atoms with van der Waals surface area (Å²) < 4.78 is 16.0. The summed E-state index contributed by atoms with van der Waals surface area (Å²) in [6, 6.07) is 12.2. The molecule has 0 aliphatic carbocycles. The smallest absolute Gasteiger partial charge is 0.253 e. The molecule has 0 saturated carbocycles. The predicted octanol–water partition coefficient (Wildman–Crippen LogP) is 3.01. The molecule has 0 spiro atoms. The Labute approximate surface area is 182 Å². The van der Waals surface area contributed by atoms with Gasteiger partial charge in [-0.2, -0.15) is 5.10 Å². The topological polar surface area (TPSA) is 111 Å². The highest BCUT2D eigenvalue weighted by Crippen LogP contribution is 2.22. The fourth-order valence-corrected chi connectivity index (χ4v) is 3.58. The summed E-state index contributed by atoms with van der Waals surface area (Å²) in [5.41, 5.74) is 10.1. The van der Waals surface area contributed by atoms with E-state index in [2.05, 4.69) is 25.4 Å². The van der Waals surface area contributed by atoms with Crippen LogP contribution in [0.2, 0.25) is 0 Å². The number of aromatic nitrogens is 5. The van der Waals surface area contributed by atoms with Crippen LogP contribution < -0.4 is 11.1 Å². The van der Waals surface area contributed by atoms with Gasteiger partial charge in [0.15, 0.2) is 0 Å². The summed E-state index contributed by atoms with van der Waals surface area (Å²) in [5.74, 6) is -0.670. The van der Waals surface area contributed by atoms with E-state index in [9.17, 15) is 9.18 Å². The molecule has 0 bridgehead atoms. The molecule has 1 amide bonds. The van der Waals surface area contributed by atoms with Gasteiger partial charge in [0.25, 0.3) is 11.7 Å². The zero-order valence-electron chi connectivity index (χ0n) is 17.1. The van der Waals surface area contributed by atoms with E-state index in [0.29, 0.717) is 29.1 Å². The second kappa shape index (κ2) is 7.69. The van der Waals surface area contributed by atoms with Crippen molar-refractivity contribution in [2.24, 2.45) is 0 Å². The van der Waals surface area contributed by atoms with Crippen LogP contribution in [0.5, 0.6) is 0 Å². The van der Waals surface area contributed by atoms with E-state index in [1.165, 1.54) is 25.4 Å². The van der Waals surface area contributed by atoms with E-state index < -0.39 is 11.7 Å². The van der Waals surface area contributed by atoms with Gasteiger partial charge in [-0.3, -0.25) is 9.78 Å². The molecule has 9 heteroatoms. The van der Waals surface area contributed by atoms with Crippen molar-refractivity contribution >= 4 is 28.3 Å². The SMILES string of the molecule is CNC(=O)c1ccc(-c2cnc3ncc(Cc4ccc5ncc(N)cc5c4)n3n2)cc1F. The number of imidazole rings is 1. The van der Waals surface area contributed by atoms with Gasteiger partial charge in [-0.15, -0.1) is 0 Å². The average Bonchev–Trinajstić information content (AvgIpc) is 3.20. The van der Waals surface area contributed by atoms with E-state index in [-0.39, 0.29) is 5.56 Å². The molecule has 0 atom stereocenters. The molecule has 0 saturated heterocycles. The van der Waals surface area contributed by atoms with Crippen LogP contribution in [0.15, 0.2) is 61.1 Å². The third-order valence-corrected chi connectivity index (χ3v) is 5.19. The minimum Gasteiger partial charge on any atom is -0.397 e. The molecule has 32 heavy (non-hydrogen) atoms. The Bertz CT molecular complexity index is 1500. The second-order valence-electron chi connectivity index (χ2n) is 7.35. The van der Waals surface area contributed by atoms with Crippen LogP contribution in [-0.4, -0.2) is 37.5 Å². The van der Waals surface area contributed by atoms with E-state index >= 15 is 0 Å². The number of anilines is 1. The van der Waals surface area contributed by atoms with Crippen LogP contribution in [0.1, 0.15) is 21.6 Å². The lowest BCUT2D eigenvalue weighted by molar-refractivity contribution is 0.0959. The second-order valence-corrected chi connectivity index (χ2v) is 7.35. The number of nitrogen functional groups attached to an aromatic ring is 1. The molecule has 5 rings (SSSR count). The van der Waals surface area contributed by atoms with Crippen molar-refractivity contribution in [3.8, 4) is 11.3 Å². The summed E-state index contributed by atoms with van der Waals surface area (Å²) in [6.07, 6.45) is 5.45. The van der Waals surface area contributed by atoms with E-state index in [1.54, 1.807) is 23.0 Å². The van der Waals surface area contributed by atoms with Gasteiger partial charge >= 0.3 is 0 Å². The van der Waals surface area contributed by atoms with E-state index in [1.807, 2.05) is 24.3 Å². The lowest BCUT2D eigenvalue weighted by Crippen LogP contribution is -2.19. The Hall–Kier alpha value is -4.40. The highest BCUT2D eigenvalue weighted by Gasteiger charge is 2.14. The van der Waals surface area contributed by atoms with Crippen molar-refractivity contribution in [1.82, 2.24) is 29.9 Å². The maximum Gasteiger partial charge on any atom is 0.253 e. The molecule has 0 fully saturated rings. The van der Waals surface area contributed by atoms with Crippen LogP contribution in [-0.2, 0) is 6.42 Å². The van der Waals surface area contributed by atoms with Crippen LogP contribution in [0.25, 0.3) is 27.9 Å². The average molecular weight is 427 g/mol. The van der Waals surface area contributed by atoms with Crippen LogP contribution in [0.4, 0.5) is 10.1 Å². The number of carbonyl (C=O) groups is 1. The highest BCUT2D eigenvalue weighted by molar-refractivity contribution is 5.94. The number of hydrogen-bond donors (Lipinski definition) is 2. The highest BCUT2D eigenvalue weighted by atomic mass is 19.1. The number of rotatable bonds is 4. The number of nitrogens with one attached hydrogen (secondary N) is 1. The number of amides is 1. The first kappa shape index (κ1) is 19.6. The van der Waals surface area contributed by atoms with Crippen molar-refractivity contribution in [3.05, 3.63) is 83.7 Å². The van der Waals surface area contributed by atoms with Gasteiger partial charge < -0.3 is 11.1 Å². The standard InChI is InChI=1S/C23H18FN7O/c1-26-22(32)18-4-3-14(9-19(18)24)21-12-29-23-28-11-17(31(23)30-21)7-13-2-5-20-15(6-13)8-16(25)10-27-20/h2-6,8-12H,7,25H2,1H3,(H,26,32).